The quantitative estimate of drug-likeness (QED) is 0.140. The van der Waals surface area contributed by atoms with E-state index in [1.54, 1.807) is 0 Å². The van der Waals surface area contributed by atoms with E-state index in [4.69, 9.17) is 0 Å². The van der Waals surface area contributed by atoms with Gasteiger partial charge in [-0.3, -0.25) is 19.2 Å². The van der Waals surface area contributed by atoms with Crippen LogP contribution in [0.25, 0.3) is 0 Å². The molecule has 6 nitrogen and oxygen atoms in total. The van der Waals surface area contributed by atoms with Crippen LogP contribution in [0.4, 0.5) is 0 Å². The summed E-state index contributed by atoms with van der Waals surface area (Å²) in [5.74, 6) is -0.543. The molecule has 0 aliphatic carbocycles. The van der Waals surface area contributed by atoms with Crippen LogP contribution in [0, 0.1) is 11.8 Å². The van der Waals surface area contributed by atoms with Gasteiger partial charge in [-0.25, -0.2) is 0 Å². The van der Waals surface area contributed by atoms with Gasteiger partial charge in [0.2, 0.25) is 11.6 Å². The number of nitrogens with one attached hydrogen (secondary N) is 2. The Morgan fingerprint density at radius 3 is 1.71 bits per heavy atom. The van der Waals surface area contributed by atoms with Crippen molar-refractivity contribution in [1.29, 1.82) is 0 Å². The van der Waals surface area contributed by atoms with Gasteiger partial charge in [-0.05, 0) is 37.5 Å². The lowest BCUT2D eigenvalue weighted by Crippen LogP contribution is -2.34. The summed E-state index contributed by atoms with van der Waals surface area (Å²) in [4.78, 5) is 48.0. The molecule has 34 heavy (non-hydrogen) atoms. The Morgan fingerprint density at radius 2 is 1.09 bits per heavy atom. The Labute approximate surface area is 208 Å². The van der Waals surface area contributed by atoms with E-state index in [-0.39, 0.29) is 11.6 Å². The molecule has 0 bridgehead atoms. The van der Waals surface area contributed by atoms with E-state index in [1.807, 2.05) is 0 Å². The number of Topliss-reactive ketones (excluding diaryl/α,β-unsaturated/α-hetero) is 2. The van der Waals surface area contributed by atoms with Crippen molar-refractivity contribution in [2.75, 3.05) is 13.1 Å². The highest BCUT2D eigenvalue weighted by Gasteiger charge is 2.16. The first-order valence-corrected chi connectivity index (χ1v) is 14.0. The highest BCUT2D eigenvalue weighted by atomic mass is 16.2. The van der Waals surface area contributed by atoms with E-state index < -0.39 is 11.8 Å². The molecule has 0 heterocycles. The summed E-state index contributed by atoms with van der Waals surface area (Å²) < 4.78 is 0. The molecule has 0 aromatic carbocycles. The number of unbranched alkanes of at least 4 members (excludes halogenated alkanes) is 6. The summed E-state index contributed by atoms with van der Waals surface area (Å²) >= 11 is 0. The number of ketones is 2. The number of hydrogen-bond donors (Lipinski definition) is 2. The van der Waals surface area contributed by atoms with Crippen LogP contribution in [0.15, 0.2) is 0 Å². The Kier molecular flexibility index (Phi) is 20.7. The van der Waals surface area contributed by atoms with Crippen molar-refractivity contribution >= 4 is 23.4 Å². The summed E-state index contributed by atoms with van der Waals surface area (Å²) in [6.45, 7) is 9.69. The molecule has 0 aliphatic rings. The van der Waals surface area contributed by atoms with E-state index in [9.17, 15) is 19.2 Å². The van der Waals surface area contributed by atoms with Gasteiger partial charge in [-0.2, -0.15) is 0 Å². The zero-order valence-corrected chi connectivity index (χ0v) is 22.5. The van der Waals surface area contributed by atoms with Crippen LogP contribution in [0.3, 0.4) is 0 Å². The van der Waals surface area contributed by atoms with E-state index in [0.717, 1.165) is 77.0 Å². The third kappa shape index (κ3) is 16.8. The molecular weight excluding hydrogens is 428 g/mol. The van der Waals surface area contributed by atoms with Gasteiger partial charge in [-0.1, -0.05) is 91.9 Å². The summed E-state index contributed by atoms with van der Waals surface area (Å²) in [5, 5.41) is 5.54. The molecule has 2 N–H and O–H groups in total. The predicted molar refractivity (Wildman–Crippen MR) is 140 cm³/mol. The standard InChI is InChI=1S/C28H52N2O4/c1-5-9-16-23(7-3)19-20-26(32)27(33)29-21-15-13-11-12-14-18-25(31)28(34)30-22-24(8-4)17-10-6-2/h23-24H,5-22H2,1-4H3,(H,29,33)(H,30,34). The van der Waals surface area contributed by atoms with Crippen molar-refractivity contribution < 1.29 is 19.2 Å². The molecule has 0 radical (unpaired) electrons. The molecule has 198 valence electrons. The normalized spacial score (nSPS) is 12.7. The minimum absolute atomic E-state index is 0.292. The summed E-state index contributed by atoms with van der Waals surface area (Å²) in [7, 11) is 0. The predicted octanol–water partition coefficient (Wildman–Crippen LogP) is 5.91. The molecule has 0 fully saturated rings. The topological polar surface area (TPSA) is 92.3 Å². The minimum atomic E-state index is -0.457. The van der Waals surface area contributed by atoms with Crippen LogP contribution < -0.4 is 10.6 Å². The number of rotatable bonds is 23. The van der Waals surface area contributed by atoms with Crippen LogP contribution in [-0.2, 0) is 19.2 Å². The van der Waals surface area contributed by atoms with Gasteiger partial charge in [0.15, 0.2) is 0 Å². The Morgan fingerprint density at radius 1 is 0.559 bits per heavy atom. The van der Waals surface area contributed by atoms with Crippen molar-refractivity contribution in [2.24, 2.45) is 11.8 Å². The third-order valence-electron chi connectivity index (χ3n) is 6.79. The summed E-state index contributed by atoms with van der Waals surface area (Å²) in [6, 6.07) is 0. The van der Waals surface area contributed by atoms with Crippen molar-refractivity contribution in [1.82, 2.24) is 10.6 Å². The first-order valence-electron chi connectivity index (χ1n) is 14.0. The monoisotopic (exact) mass is 480 g/mol. The van der Waals surface area contributed by atoms with Gasteiger partial charge in [0.05, 0.1) is 0 Å². The first-order chi connectivity index (χ1) is 16.4. The number of amides is 2. The lowest BCUT2D eigenvalue weighted by atomic mass is 9.93. The van der Waals surface area contributed by atoms with Gasteiger partial charge < -0.3 is 10.6 Å². The zero-order chi connectivity index (χ0) is 25.6. The summed E-state index contributed by atoms with van der Waals surface area (Å²) in [6.07, 6.45) is 14.7. The average molecular weight is 481 g/mol. The van der Waals surface area contributed by atoms with Gasteiger partial charge in [0.25, 0.3) is 11.8 Å². The van der Waals surface area contributed by atoms with E-state index >= 15 is 0 Å². The molecular formula is C28H52N2O4. The maximum atomic E-state index is 12.0. The molecule has 6 heteroatoms. The largest absolute Gasteiger partial charge is 0.350 e. The molecule has 0 saturated carbocycles. The van der Waals surface area contributed by atoms with E-state index in [2.05, 4.69) is 38.3 Å². The molecule has 0 aliphatic heterocycles. The van der Waals surface area contributed by atoms with Crippen LogP contribution >= 0.6 is 0 Å². The fourth-order valence-corrected chi connectivity index (χ4v) is 4.13. The summed E-state index contributed by atoms with van der Waals surface area (Å²) in [5.41, 5.74) is 0. The highest BCUT2D eigenvalue weighted by molar-refractivity contribution is 6.36. The first kappa shape index (κ1) is 32.3. The van der Waals surface area contributed by atoms with Crippen molar-refractivity contribution in [3.63, 3.8) is 0 Å². The van der Waals surface area contributed by atoms with E-state index in [1.165, 1.54) is 6.42 Å². The van der Waals surface area contributed by atoms with E-state index in [0.29, 0.717) is 44.2 Å². The van der Waals surface area contributed by atoms with Gasteiger partial charge in [0, 0.05) is 25.9 Å². The number of carbonyl (C=O) groups is 4. The maximum Gasteiger partial charge on any atom is 0.287 e. The third-order valence-corrected chi connectivity index (χ3v) is 6.79. The zero-order valence-electron chi connectivity index (χ0n) is 22.5. The smallest absolute Gasteiger partial charge is 0.287 e. The highest BCUT2D eigenvalue weighted by Crippen LogP contribution is 2.18. The van der Waals surface area contributed by atoms with Crippen LogP contribution in [-0.4, -0.2) is 36.5 Å². The Hall–Kier alpha value is -1.72. The molecule has 2 atom stereocenters. The second kappa shape index (κ2) is 21.8. The number of carbonyl (C=O) groups excluding carboxylic acids is 4. The fraction of sp³-hybridized carbons (Fsp3) is 0.857. The fourth-order valence-electron chi connectivity index (χ4n) is 4.13. The van der Waals surface area contributed by atoms with Gasteiger partial charge in [0.1, 0.15) is 0 Å². The average Bonchev–Trinajstić information content (AvgIpc) is 2.85. The SMILES string of the molecule is CCCCC(CC)CCC(=O)C(=O)NCCCCCCCC(=O)C(=O)NCC(CC)CCCC. The molecule has 0 spiro atoms. The maximum absolute atomic E-state index is 12.0. The van der Waals surface area contributed by atoms with Gasteiger partial charge in [-0.15, -0.1) is 0 Å². The van der Waals surface area contributed by atoms with Crippen molar-refractivity contribution in [3.8, 4) is 0 Å². The lowest BCUT2D eigenvalue weighted by Gasteiger charge is -2.14. The molecule has 0 aromatic rings. The van der Waals surface area contributed by atoms with Crippen LogP contribution in [0.2, 0.25) is 0 Å². The molecule has 2 unspecified atom stereocenters. The van der Waals surface area contributed by atoms with Crippen LogP contribution in [0.5, 0.6) is 0 Å². The van der Waals surface area contributed by atoms with Gasteiger partial charge >= 0.3 is 0 Å². The van der Waals surface area contributed by atoms with Crippen molar-refractivity contribution in [2.45, 2.75) is 130 Å². The molecule has 2 amide bonds. The molecule has 0 saturated heterocycles. The Balaban J connectivity index is 3.79. The second-order valence-electron chi connectivity index (χ2n) is 9.70. The second-order valence-corrected chi connectivity index (χ2v) is 9.70. The number of hydrogen-bond acceptors (Lipinski definition) is 4. The van der Waals surface area contributed by atoms with Crippen molar-refractivity contribution in [3.05, 3.63) is 0 Å². The molecule has 0 rings (SSSR count). The van der Waals surface area contributed by atoms with Crippen LogP contribution in [0.1, 0.15) is 130 Å². The molecule has 0 aromatic heterocycles. The minimum Gasteiger partial charge on any atom is -0.350 e. The Bertz CT molecular complexity index is 527. The lowest BCUT2D eigenvalue weighted by molar-refractivity contribution is -0.138.